The predicted molar refractivity (Wildman–Crippen MR) is 168 cm³/mol. The SMILES string of the molecule is CCSCC1CCC2C(C1)C1C3C(=O)NCC3C3C4CC(CSCC)CCC4N4C3C1N2C1C[C@](O)(C(=O)OC)[C@]4(C)O1. The first-order valence-electron chi connectivity index (χ1n) is 17.2. The van der Waals surface area contributed by atoms with E-state index in [1.54, 1.807) is 0 Å². The van der Waals surface area contributed by atoms with Gasteiger partial charge in [0.15, 0.2) is 5.72 Å². The van der Waals surface area contributed by atoms with E-state index in [9.17, 15) is 14.7 Å². The van der Waals surface area contributed by atoms with Crippen LogP contribution in [0.5, 0.6) is 0 Å². The zero-order valence-corrected chi connectivity index (χ0v) is 27.9. The average Bonchev–Trinajstić information content (AvgIpc) is 3.70. The molecule has 15 atom stereocenters. The highest BCUT2D eigenvalue weighted by molar-refractivity contribution is 7.99. The third-order valence-electron chi connectivity index (χ3n) is 13.7. The molecule has 13 unspecified atom stereocenters. The van der Waals surface area contributed by atoms with E-state index in [4.69, 9.17) is 9.47 Å². The standard InChI is InChI=1S/C33H51N3O5S2/c1-5-42-15-17-7-9-22-19(11-17)26-27-21(14-34-30(27)37)25-20-12-18(16-43-6-2)8-10-23(20)36-29(25)28(26)35(22)24-13-33(39,31(38)40-4)32(36,3)41-24/h17-29,39H,5-16H2,1-4H3,(H,34,37)/t17?,18?,19?,20?,21?,22?,23?,24?,25?,26?,27?,28?,29?,32-,33-/m0/s1. The highest BCUT2D eigenvalue weighted by Gasteiger charge is 2.79. The van der Waals surface area contributed by atoms with Crippen LogP contribution in [-0.2, 0) is 19.1 Å². The van der Waals surface area contributed by atoms with Crippen molar-refractivity contribution in [3.63, 3.8) is 0 Å². The van der Waals surface area contributed by atoms with Gasteiger partial charge in [0.1, 0.15) is 6.23 Å². The van der Waals surface area contributed by atoms with Gasteiger partial charge in [-0.3, -0.25) is 14.6 Å². The van der Waals surface area contributed by atoms with Crippen LogP contribution in [-0.4, -0.2) is 105 Å². The number of hydrogen-bond acceptors (Lipinski definition) is 9. The molecule has 2 N–H and O–H groups in total. The van der Waals surface area contributed by atoms with E-state index in [2.05, 4.69) is 52.5 Å². The number of aliphatic hydroxyl groups is 1. The largest absolute Gasteiger partial charge is 0.467 e. The number of amides is 1. The van der Waals surface area contributed by atoms with Crippen molar-refractivity contribution in [2.75, 3.05) is 36.7 Å². The molecule has 8 aliphatic rings. The molecule has 5 heterocycles. The van der Waals surface area contributed by atoms with Gasteiger partial charge in [-0.15, -0.1) is 0 Å². The number of hydrogen-bond donors (Lipinski definition) is 2. The molecule has 0 spiro atoms. The predicted octanol–water partition coefficient (Wildman–Crippen LogP) is 3.42. The molecule has 8 fully saturated rings. The number of carbonyl (C=O) groups excluding carboxylic acids is 2. The van der Waals surface area contributed by atoms with Gasteiger partial charge in [-0.2, -0.15) is 23.5 Å². The number of thioether (sulfide) groups is 2. The number of fused-ring (bicyclic) bond motifs is 13. The maximum atomic E-state index is 13.9. The van der Waals surface area contributed by atoms with Crippen LogP contribution >= 0.6 is 23.5 Å². The lowest BCUT2D eigenvalue weighted by Crippen LogP contribution is -2.71. The molecule has 0 aromatic rings. The molecule has 8 nitrogen and oxygen atoms in total. The Balaban J connectivity index is 1.27. The maximum Gasteiger partial charge on any atom is 0.342 e. The van der Waals surface area contributed by atoms with Crippen LogP contribution in [0.2, 0.25) is 0 Å². The molecule has 1 amide bonds. The Kier molecular flexibility index (Phi) is 7.47. The molecular weight excluding hydrogens is 583 g/mol. The zero-order chi connectivity index (χ0) is 29.8. The van der Waals surface area contributed by atoms with Crippen molar-refractivity contribution in [3.05, 3.63) is 0 Å². The van der Waals surface area contributed by atoms with Crippen LogP contribution in [0.25, 0.3) is 0 Å². The fourth-order valence-electron chi connectivity index (χ4n) is 12.4. The Morgan fingerprint density at radius 1 is 1.00 bits per heavy atom. The molecular formula is C33H51N3O5S2. The second-order valence-electron chi connectivity index (χ2n) is 15.2. The monoisotopic (exact) mass is 633 g/mol. The highest BCUT2D eigenvalue weighted by Crippen LogP contribution is 2.68. The first kappa shape index (κ1) is 29.9. The fraction of sp³-hybridized carbons (Fsp3) is 0.939. The van der Waals surface area contributed by atoms with Crippen molar-refractivity contribution in [2.45, 2.75) is 107 Å². The third-order valence-corrected chi connectivity index (χ3v) is 16.0. The molecule has 240 valence electrons. The summed E-state index contributed by atoms with van der Waals surface area (Å²) in [6.07, 6.45) is 6.79. The second kappa shape index (κ2) is 10.8. The van der Waals surface area contributed by atoms with Crippen molar-refractivity contribution in [2.24, 2.45) is 47.3 Å². The number of ether oxygens (including phenoxy) is 2. The molecule has 3 saturated carbocycles. The first-order valence-corrected chi connectivity index (χ1v) is 19.6. The minimum atomic E-state index is -1.73. The van der Waals surface area contributed by atoms with Crippen molar-refractivity contribution < 1.29 is 24.2 Å². The third kappa shape index (κ3) is 3.98. The summed E-state index contributed by atoms with van der Waals surface area (Å²) in [6, 6.07) is 0.971. The van der Waals surface area contributed by atoms with E-state index in [-0.39, 0.29) is 42.6 Å². The normalized spacial score (nSPS) is 53.0. The smallest absolute Gasteiger partial charge is 0.342 e. The van der Waals surface area contributed by atoms with Gasteiger partial charge in [-0.25, -0.2) is 4.79 Å². The van der Waals surface area contributed by atoms with E-state index in [0.717, 1.165) is 30.9 Å². The van der Waals surface area contributed by atoms with Crippen molar-refractivity contribution >= 4 is 35.4 Å². The van der Waals surface area contributed by atoms with Gasteiger partial charge in [0.2, 0.25) is 11.5 Å². The summed E-state index contributed by atoms with van der Waals surface area (Å²) in [6.45, 7) is 7.27. The van der Waals surface area contributed by atoms with E-state index in [0.29, 0.717) is 47.5 Å². The van der Waals surface area contributed by atoms with Gasteiger partial charge in [-0.1, -0.05) is 13.8 Å². The average molecular weight is 634 g/mol. The number of rotatable bonds is 7. The number of nitrogens with one attached hydrogen (secondary N) is 1. The van der Waals surface area contributed by atoms with Crippen LogP contribution in [0.4, 0.5) is 0 Å². The number of methoxy groups -OCH3 is 1. The summed E-state index contributed by atoms with van der Waals surface area (Å²) in [7, 11) is 1.40. The lowest BCUT2D eigenvalue weighted by atomic mass is 9.56. The first-order chi connectivity index (χ1) is 20.8. The molecule has 3 aliphatic carbocycles. The van der Waals surface area contributed by atoms with Gasteiger partial charge < -0.3 is 19.9 Å². The van der Waals surface area contributed by atoms with E-state index in [1.165, 1.54) is 44.3 Å². The Labute approximate surface area is 265 Å². The van der Waals surface area contributed by atoms with Crippen LogP contribution in [0.3, 0.4) is 0 Å². The van der Waals surface area contributed by atoms with Gasteiger partial charge in [0.25, 0.3) is 0 Å². The summed E-state index contributed by atoms with van der Waals surface area (Å²) >= 11 is 4.11. The Morgan fingerprint density at radius 3 is 2.30 bits per heavy atom. The fourth-order valence-corrected chi connectivity index (χ4v) is 14.1. The van der Waals surface area contributed by atoms with Crippen molar-refractivity contribution in [1.29, 1.82) is 0 Å². The minimum Gasteiger partial charge on any atom is -0.467 e. The Hall–Kier alpha value is -0.520. The van der Waals surface area contributed by atoms with Gasteiger partial charge in [-0.05, 0) is 110 Å². The van der Waals surface area contributed by atoms with Crippen LogP contribution in [0.15, 0.2) is 0 Å². The lowest BCUT2D eigenvalue weighted by Gasteiger charge is -2.53. The highest BCUT2D eigenvalue weighted by atomic mass is 32.2. The molecule has 0 radical (unpaired) electrons. The molecule has 8 rings (SSSR count). The lowest BCUT2D eigenvalue weighted by molar-refractivity contribution is -0.235. The summed E-state index contributed by atoms with van der Waals surface area (Å²) in [5.41, 5.74) is -2.88. The molecule has 43 heavy (non-hydrogen) atoms. The van der Waals surface area contributed by atoms with Gasteiger partial charge in [0.05, 0.1) is 7.11 Å². The Morgan fingerprint density at radius 2 is 1.65 bits per heavy atom. The Bertz CT molecular complexity index is 1150. The maximum absolute atomic E-state index is 13.9. The van der Waals surface area contributed by atoms with Crippen LogP contribution < -0.4 is 5.32 Å². The van der Waals surface area contributed by atoms with Crippen molar-refractivity contribution in [1.82, 2.24) is 15.1 Å². The molecule has 0 aromatic heterocycles. The summed E-state index contributed by atoms with van der Waals surface area (Å²) in [5.74, 6) is 7.73. The second-order valence-corrected chi connectivity index (χ2v) is 17.8. The quantitative estimate of drug-likeness (QED) is 0.410. The summed E-state index contributed by atoms with van der Waals surface area (Å²) in [4.78, 5) is 32.7. The minimum absolute atomic E-state index is 0.0660. The molecule has 5 saturated heterocycles. The van der Waals surface area contributed by atoms with E-state index < -0.39 is 17.3 Å². The molecule has 0 aromatic carbocycles. The van der Waals surface area contributed by atoms with Crippen molar-refractivity contribution in [3.8, 4) is 0 Å². The van der Waals surface area contributed by atoms with E-state index >= 15 is 0 Å². The molecule has 5 aliphatic heterocycles. The van der Waals surface area contributed by atoms with Crippen LogP contribution in [0.1, 0.15) is 65.7 Å². The van der Waals surface area contributed by atoms with E-state index in [1.807, 2.05) is 6.92 Å². The summed E-state index contributed by atoms with van der Waals surface area (Å²) < 4.78 is 12.5. The van der Waals surface area contributed by atoms with Gasteiger partial charge >= 0.3 is 5.97 Å². The molecule has 2 bridgehead atoms. The van der Waals surface area contributed by atoms with Crippen LogP contribution in [0, 0.1) is 47.3 Å². The topological polar surface area (TPSA) is 91.3 Å². The molecule has 10 heteroatoms. The summed E-state index contributed by atoms with van der Waals surface area (Å²) in [5, 5.41) is 15.8. The number of nitrogens with zero attached hydrogens (tertiary/aromatic N) is 2. The zero-order valence-electron chi connectivity index (χ0n) is 26.3. The van der Waals surface area contributed by atoms with Gasteiger partial charge in [0, 0.05) is 43.1 Å². The number of esters is 1. The number of carbonyl (C=O) groups is 2.